The predicted octanol–water partition coefficient (Wildman–Crippen LogP) is 8.02. The van der Waals surface area contributed by atoms with Crippen LogP contribution in [0.1, 0.15) is 36.0 Å². The Morgan fingerprint density at radius 1 is 0.767 bits per heavy atom. The summed E-state index contributed by atoms with van der Waals surface area (Å²) in [5.41, 5.74) is 4.08. The molecule has 0 bridgehead atoms. The van der Waals surface area contributed by atoms with Crippen LogP contribution < -0.4 is 0 Å². The van der Waals surface area contributed by atoms with Crippen molar-refractivity contribution in [2.75, 3.05) is 0 Å². The van der Waals surface area contributed by atoms with E-state index < -0.39 is 11.7 Å². The lowest BCUT2D eigenvalue weighted by atomic mass is 10.0. The number of hydrogen-bond acceptors (Lipinski definition) is 1. The summed E-state index contributed by atoms with van der Waals surface area (Å²) < 4.78 is 38.1. The zero-order chi connectivity index (χ0) is 21.4. The number of aryl methyl sites for hydroxylation is 1. The highest BCUT2D eigenvalue weighted by Gasteiger charge is 2.29. The van der Waals surface area contributed by atoms with Gasteiger partial charge in [0.2, 0.25) is 0 Å². The van der Waals surface area contributed by atoms with E-state index in [-0.39, 0.29) is 0 Å². The normalized spacial score (nSPS) is 11.7. The van der Waals surface area contributed by atoms with E-state index in [1.165, 1.54) is 17.7 Å². The van der Waals surface area contributed by atoms with Gasteiger partial charge in [-0.25, -0.2) is 0 Å². The number of benzene rings is 3. The molecule has 0 aliphatic carbocycles. The Morgan fingerprint density at radius 3 is 1.93 bits per heavy atom. The van der Waals surface area contributed by atoms with Gasteiger partial charge < -0.3 is 0 Å². The molecular formula is C26H24F3N. The van der Waals surface area contributed by atoms with Crippen molar-refractivity contribution in [2.24, 2.45) is 4.99 Å². The van der Waals surface area contributed by atoms with Gasteiger partial charge in [-0.15, -0.1) is 6.58 Å². The number of unbranched alkanes of at least 4 members (excludes halogenated alkanes) is 2. The summed E-state index contributed by atoms with van der Waals surface area (Å²) in [4.78, 5) is 4.49. The second kappa shape index (κ2) is 10.1. The third-order valence-corrected chi connectivity index (χ3v) is 4.88. The average Bonchev–Trinajstić information content (AvgIpc) is 2.76. The maximum absolute atomic E-state index is 12.7. The summed E-state index contributed by atoms with van der Waals surface area (Å²) >= 11 is 0. The van der Waals surface area contributed by atoms with Gasteiger partial charge >= 0.3 is 6.18 Å². The highest BCUT2D eigenvalue weighted by molar-refractivity contribution is 5.82. The van der Waals surface area contributed by atoms with Crippen LogP contribution in [0.15, 0.2) is 90.4 Å². The zero-order valence-corrected chi connectivity index (χ0v) is 16.7. The fourth-order valence-electron chi connectivity index (χ4n) is 3.13. The molecule has 3 aromatic carbocycles. The third-order valence-electron chi connectivity index (χ3n) is 4.88. The largest absolute Gasteiger partial charge is 0.416 e. The van der Waals surface area contributed by atoms with Crippen LogP contribution in [0, 0.1) is 0 Å². The third kappa shape index (κ3) is 6.18. The van der Waals surface area contributed by atoms with Gasteiger partial charge in [0.05, 0.1) is 11.3 Å². The molecule has 0 aliphatic rings. The van der Waals surface area contributed by atoms with Crippen LogP contribution in [-0.4, -0.2) is 6.21 Å². The minimum atomic E-state index is -4.32. The Kier molecular flexibility index (Phi) is 7.23. The van der Waals surface area contributed by atoms with Gasteiger partial charge in [-0.2, -0.15) is 13.2 Å². The van der Waals surface area contributed by atoms with Gasteiger partial charge in [0.15, 0.2) is 0 Å². The van der Waals surface area contributed by atoms with Gasteiger partial charge in [0, 0.05) is 6.21 Å². The number of hydrogen-bond donors (Lipinski definition) is 0. The molecule has 0 saturated carbocycles. The van der Waals surface area contributed by atoms with E-state index in [1.54, 1.807) is 0 Å². The maximum Gasteiger partial charge on any atom is 0.416 e. The SMILES string of the molecule is C=CCCCCc1ccc(C=Nc2ccc(-c3ccc(C(F)(F)F)cc3)cc2)cc1. The minimum absolute atomic E-state index is 0.643. The number of allylic oxidation sites excluding steroid dienone is 1. The van der Waals surface area contributed by atoms with Crippen LogP contribution in [0.3, 0.4) is 0 Å². The summed E-state index contributed by atoms with van der Waals surface area (Å²) in [5.74, 6) is 0. The highest BCUT2D eigenvalue weighted by Crippen LogP contribution is 2.31. The molecule has 0 amide bonds. The molecule has 0 aliphatic heterocycles. The van der Waals surface area contributed by atoms with Crippen LogP contribution in [0.2, 0.25) is 0 Å². The van der Waals surface area contributed by atoms with Crippen molar-refractivity contribution >= 4 is 11.9 Å². The Morgan fingerprint density at radius 2 is 1.37 bits per heavy atom. The van der Waals surface area contributed by atoms with Crippen molar-refractivity contribution in [2.45, 2.75) is 31.9 Å². The topological polar surface area (TPSA) is 12.4 Å². The van der Waals surface area contributed by atoms with Gasteiger partial charge in [-0.1, -0.05) is 54.6 Å². The van der Waals surface area contributed by atoms with Crippen molar-refractivity contribution in [1.82, 2.24) is 0 Å². The van der Waals surface area contributed by atoms with E-state index in [0.29, 0.717) is 0 Å². The monoisotopic (exact) mass is 407 g/mol. The molecule has 0 fully saturated rings. The van der Waals surface area contributed by atoms with Crippen molar-refractivity contribution in [3.63, 3.8) is 0 Å². The molecular weight excluding hydrogens is 383 g/mol. The molecule has 30 heavy (non-hydrogen) atoms. The van der Waals surface area contributed by atoms with Crippen LogP contribution in [0.5, 0.6) is 0 Å². The van der Waals surface area contributed by atoms with E-state index in [9.17, 15) is 13.2 Å². The van der Waals surface area contributed by atoms with E-state index in [1.807, 2.05) is 36.6 Å². The first-order valence-corrected chi connectivity index (χ1v) is 9.97. The first-order chi connectivity index (χ1) is 14.5. The van der Waals surface area contributed by atoms with Crippen molar-refractivity contribution in [3.05, 3.63) is 102 Å². The Hall–Kier alpha value is -3.14. The Labute approximate surface area is 175 Å². The quantitative estimate of drug-likeness (QED) is 0.204. The molecule has 3 aromatic rings. The number of alkyl halides is 3. The van der Waals surface area contributed by atoms with Crippen LogP contribution in [0.25, 0.3) is 11.1 Å². The summed E-state index contributed by atoms with van der Waals surface area (Å²) in [7, 11) is 0. The van der Waals surface area contributed by atoms with Crippen molar-refractivity contribution in [1.29, 1.82) is 0 Å². The van der Waals surface area contributed by atoms with Gasteiger partial charge in [-0.05, 0) is 72.2 Å². The van der Waals surface area contributed by atoms with Crippen LogP contribution in [0.4, 0.5) is 18.9 Å². The minimum Gasteiger partial charge on any atom is -0.256 e. The molecule has 0 radical (unpaired) electrons. The van der Waals surface area contributed by atoms with Crippen LogP contribution in [-0.2, 0) is 12.6 Å². The van der Waals surface area contributed by atoms with E-state index in [0.717, 1.165) is 60.2 Å². The second-order valence-corrected chi connectivity index (χ2v) is 7.16. The first-order valence-electron chi connectivity index (χ1n) is 9.97. The summed E-state index contributed by atoms with van der Waals surface area (Å²) in [6, 6.07) is 21.0. The molecule has 0 spiro atoms. The number of aliphatic imine (C=N–C) groups is 1. The standard InChI is InChI=1S/C26H24F3N/c1-2-3-4-5-6-20-7-9-21(10-8-20)19-30-25-17-13-23(14-18-25)22-11-15-24(16-12-22)26(27,28)29/h2,7-19H,1,3-6H2. The number of nitrogens with zero attached hydrogens (tertiary/aromatic N) is 1. The Bertz CT molecular complexity index is 967. The van der Waals surface area contributed by atoms with E-state index in [4.69, 9.17) is 0 Å². The molecule has 3 rings (SSSR count). The smallest absolute Gasteiger partial charge is 0.256 e. The van der Waals surface area contributed by atoms with E-state index in [2.05, 4.69) is 35.8 Å². The molecule has 0 unspecified atom stereocenters. The van der Waals surface area contributed by atoms with Gasteiger partial charge in [-0.3, -0.25) is 4.99 Å². The molecule has 0 saturated heterocycles. The molecule has 0 heterocycles. The maximum atomic E-state index is 12.7. The molecule has 4 heteroatoms. The average molecular weight is 407 g/mol. The highest BCUT2D eigenvalue weighted by atomic mass is 19.4. The predicted molar refractivity (Wildman–Crippen MR) is 118 cm³/mol. The molecule has 0 N–H and O–H groups in total. The second-order valence-electron chi connectivity index (χ2n) is 7.16. The number of halogens is 3. The fraction of sp³-hybridized carbons (Fsp3) is 0.192. The number of rotatable bonds is 8. The summed E-state index contributed by atoms with van der Waals surface area (Å²) in [6.07, 6.45) is 3.89. The lowest BCUT2D eigenvalue weighted by Gasteiger charge is -2.08. The van der Waals surface area contributed by atoms with Gasteiger partial charge in [0.25, 0.3) is 0 Å². The first kappa shape index (κ1) is 21.6. The van der Waals surface area contributed by atoms with Gasteiger partial charge in [0.1, 0.15) is 0 Å². The summed E-state index contributed by atoms with van der Waals surface area (Å²) in [5, 5.41) is 0. The lowest BCUT2D eigenvalue weighted by molar-refractivity contribution is -0.137. The molecule has 154 valence electrons. The fourth-order valence-corrected chi connectivity index (χ4v) is 3.13. The molecule has 1 nitrogen and oxygen atoms in total. The molecule has 0 aromatic heterocycles. The zero-order valence-electron chi connectivity index (χ0n) is 16.7. The van der Waals surface area contributed by atoms with E-state index >= 15 is 0 Å². The van der Waals surface area contributed by atoms with Crippen molar-refractivity contribution < 1.29 is 13.2 Å². The Balaban J connectivity index is 1.60. The lowest BCUT2D eigenvalue weighted by Crippen LogP contribution is -2.03. The van der Waals surface area contributed by atoms with Crippen LogP contribution >= 0.6 is 0 Å². The van der Waals surface area contributed by atoms with Crippen molar-refractivity contribution in [3.8, 4) is 11.1 Å². The molecule has 0 atom stereocenters. The summed E-state index contributed by atoms with van der Waals surface area (Å²) in [6.45, 7) is 3.74.